The van der Waals surface area contributed by atoms with Gasteiger partial charge in [0, 0.05) is 37.3 Å². The number of rotatable bonds is 6. The van der Waals surface area contributed by atoms with Crippen LogP contribution in [-0.4, -0.2) is 40.5 Å². The zero-order chi connectivity index (χ0) is 13.1. The van der Waals surface area contributed by atoms with Crippen molar-refractivity contribution in [1.82, 2.24) is 19.6 Å². The van der Waals surface area contributed by atoms with Crippen molar-refractivity contribution in [2.75, 3.05) is 20.1 Å². The summed E-state index contributed by atoms with van der Waals surface area (Å²) in [7, 11) is 2.16. The monoisotopic (exact) mass is 266 g/mol. The number of nitrogens with zero attached hydrogens (tertiary/aromatic N) is 3. The summed E-state index contributed by atoms with van der Waals surface area (Å²) in [5.41, 5.74) is 2.41. The molecule has 0 aliphatic rings. The maximum atomic E-state index is 4.55. The molecule has 0 atom stereocenters. The second-order valence-corrected chi connectivity index (χ2v) is 5.82. The molecule has 4 nitrogen and oxygen atoms in total. The number of hydrogen-bond donors (Lipinski definition) is 1. The normalized spacial score (nSPS) is 12.1. The average Bonchev–Trinajstić information content (AvgIpc) is 2.86. The molecule has 2 heterocycles. The Morgan fingerprint density at radius 1 is 1.50 bits per heavy atom. The molecule has 0 bridgehead atoms. The van der Waals surface area contributed by atoms with Crippen molar-refractivity contribution in [3.8, 4) is 0 Å². The molecule has 0 unspecified atom stereocenters. The molecule has 0 aliphatic heterocycles. The SMILES string of the molecule is Cc1nc2sccn2c1CNCCN(C)C(C)C. The molecular formula is C13H22N4S. The number of thiazole rings is 1. The number of nitrogens with one attached hydrogen (secondary N) is 1. The first-order chi connectivity index (χ1) is 8.59. The third-order valence-electron chi connectivity index (χ3n) is 3.38. The molecule has 0 radical (unpaired) electrons. The molecule has 0 saturated heterocycles. The Bertz CT molecular complexity index is 500. The van der Waals surface area contributed by atoms with E-state index in [0.717, 1.165) is 30.3 Å². The van der Waals surface area contributed by atoms with Gasteiger partial charge in [-0.1, -0.05) is 0 Å². The van der Waals surface area contributed by atoms with E-state index in [0.29, 0.717) is 6.04 Å². The second kappa shape index (κ2) is 5.82. The van der Waals surface area contributed by atoms with Crippen LogP contribution in [0.25, 0.3) is 4.96 Å². The summed E-state index contributed by atoms with van der Waals surface area (Å²) >= 11 is 1.69. The third kappa shape index (κ3) is 2.91. The molecule has 0 saturated carbocycles. The Balaban J connectivity index is 1.87. The van der Waals surface area contributed by atoms with E-state index in [1.807, 2.05) is 0 Å². The zero-order valence-corrected chi connectivity index (χ0v) is 12.4. The minimum absolute atomic E-state index is 0.604. The van der Waals surface area contributed by atoms with E-state index < -0.39 is 0 Å². The van der Waals surface area contributed by atoms with E-state index in [-0.39, 0.29) is 0 Å². The van der Waals surface area contributed by atoms with Crippen molar-refractivity contribution in [3.05, 3.63) is 23.0 Å². The van der Waals surface area contributed by atoms with Crippen molar-refractivity contribution in [2.24, 2.45) is 0 Å². The number of hydrogen-bond acceptors (Lipinski definition) is 4. The summed E-state index contributed by atoms with van der Waals surface area (Å²) in [6, 6.07) is 0.604. The van der Waals surface area contributed by atoms with Gasteiger partial charge in [0.25, 0.3) is 0 Å². The molecule has 0 aliphatic carbocycles. The largest absolute Gasteiger partial charge is 0.310 e. The minimum Gasteiger partial charge on any atom is -0.310 e. The maximum Gasteiger partial charge on any atom is 0.194 e. The van der Waals surface area contributed by atoms with Crippen LogP contribution >= 0.6 is 11.3 Å². The molecule has 18 heavy (non-hydrogen) atoms. The summed E-state index contributed by atoms with van der Waals surface area (Å²) in [4.78, 5) is 7.98. The first-order valence-corrected chi connectivity index (χ1v) is 7.29. The van der Waals surface area contributed by atoms with E-state index in [2.05, 4.69) is 59.0 Å². The smallest absolute Gasteiger partial charge is 0.194 e. The van der Waals surface area contributed by atoms with Gasteiger partial charge in [0.2, 0.25) is 0 Å². The quantitative estimate of drug-likeness (QED) is 0.813. The summed E-state index contributed by atoms with van der Waals surface area (Å²) in [6.45, 7) is 9.48. The van der Waals surface area contributed by atoms with Crippen LogP contribution < -0.4 is 5.32 Å². The molecule has 0 spiro atoms. The number of imidazole rings is 1. The highest BCUT2D eigenvalue weighted by Gasteiger charge is 2.09. The third-order valence-corrected chi connectivity index (χ3v) is 4.13. The van der Waals surface area contributed by atoms with Gasteiger partial charge in [0.15, 0.2) is 4.96 Å². The van der Waals surface area contributed by atoms with Gasteiger partial charge >= 0.3 is 0 Å². The van der Waals surface area contributed by atoms with Crippen molar-refractivity contribution in [3.63, 3.8) is 0 Å². The van der Waals surface area contributed by atoms with Gasteiger partial charge in [0.1, 0.15) is 0 Å². The predicted molar refractivity (Wildman–Crippen MR) is 77.3 cm³/mol. The molecule has 2 aromatic rings. The molecule has 5 heteroatoms. The summed E-state index contributed by atoms with van der Waals surface area (Å²) in [5, 5.41) is 5.58. The topological polar surface area (TPSA) is 32.6 Å². The van der Waals surface area contributed by atoms with Gasteiger partial charge in [0.05, 0.1) is 11.4 Å². The van der Waals surface area contributed by atoms with E-state index in [9.17, 15) is 0 Å². The highest BCUT2D eigenvalue weighted by molar-refractivity contribution is 7.15. The zero-order valence-electron chi connectivity index (χ0n) is 11.6. The van der Waals surface area contributed by atoms with Crippen molar-refractivity contribution < 1.29 is 0 Å². The number of likely N-dealkylation sites (N-methyl/N-ethyl adjacent to an activating group) is 1. The molecule has 1 N–H and O–H groups in total. The lowest BCUT2D eigenvalue weighted by molar-refractivity contribution is 0.273. The predicted octanol–water partition coefficient (Wildman–Crippen LogP) is 2.13. The standard InChI is InChI=1S/C13H22N4S/c1-10(2)16(4)6-5-14-9-12-11(3)15-13-17(12)7-8-18-13/h7-8,10,14H,5-6,9H2,1-4H3. The van der Waals surface area contributed by atoms with Gasteiger partial charge in [-0.05, 0) is 27.8 Å². The summed E-state index contributed by atoms with van der Waals surface area (Å²) in [6.07, 6.45) is 2.09. The van der Waals surface area contributed by atoms with Crippen LogP contribution in [0.15, 0.2) is 11.6 Å². The summed E-state index contributed by atoms with van der Waals surface area (Å²) < 4.78 is 2.18. The lowest BCUT2D eigenvalue weighted by Gasteiger charge is -2.20. The number of fused-ring (bicyclic) bond motifs is 1. The minimum atomic E-state index is 0.604. The van der Waals surface area contributed by atoms with Crippen molar-refractivity contribution in [2.45, 2.75) is 33.4 Å². The molecular weight excluding hydrogens is 244 g/mol. The van der Waals surface area contributed by atoms with E-state index in [1.54, 1.807) is 11.3 Å². The Kier molecular flexibility index (Phi) is 4.37. The number of aromatic nitrogens is 2. The molecule has 100 valence electrons. The molecule has 2 rings (SSSR count). The Labute approximate surface area is 113 Å². The van der Waals surface area contributed by atoms with Crippen LogP contribution in [0.1, 0.15) is 25.2 Å². The highest BCUT2D eigenvalue weighted by Crippen LogP contribution is 2.16. The fourth-order valence-corrected chi connectivity index (χ4v) is 2.65. The Hall–Kier alpha value is -0.910. The molecule has 0 amide bonds. The van der Waals surface area contributed by atoms with Gasteiger partial charge in [-0.2, -0.15) is 0 Å². The Morgan fingerprint density at radius 2 is 2.28 bits per heavy atom. The molecule has 2 aromatic heterocycles. The fourth-order valence-electron chi connectivity index (χ4n) is 1.87. The van der Waals surface area contributed by atoms with Crippen LogP contribution in [0.5, 0.6) is 0 Å². The van der Waals surface area contributed by atoms with E-state index in [4.69, 9.17) is 0 Å². The lowest BCUT2D eigenvalue weighted by atomic mass is 10.3. The first kappa shape index (κ1) is 13.5. The van der Waals surface area contributed by atoms with E-state index in [1.165, 1.54) is 5.69 Å². The second-order valence-electron chi connectivity index (χ2n) is 4.95. The van der Waals surface area contributed by atoms with Crippen LogP contribution in [0.4, 0.5) is 0 Å². The van der Waals surface area contributed by atoms with Gasteiger partial charge < -0.3 is 10.2 Å². The Morgan fingerprint density at radius 3 is 3.00 bits per heavy atom. The lowest BCUT2D eigenvalue weighted by Crippen LogP contribution is -2.33. The van der Waals surface area contributed by atoms with Gasteiger partial charge in [-0.25, -0.2) is 4.98 Å². The molecule has 0 aromatic carbocycles. The highest BCUT2D eigenvalue weighted by atomic mass is 32.1. The average molecular weight is 266 g/mol. The summed E-state index contributed by atoms with van der Waals surface area (Å²) in [5.74, 6) is 0. The first-order valence-electron chi connectivity index (χ1n) is 6.41. The van der Waals surface area contributed by atoms with Crippen LogP contribution in [0.3, 0.4) is 0 Å². The van der Waals surface area contributed by atoms with E-state index >= 15 is 0 Å². The van der Waals surface area contributed by atoms with Crippen LogP contribution in [0, 0.1) is 6.92 Å². The fraction of sp³-hybridized carbons (Fsp3) is 0.615. The van der Waals surface area contributed by atoms with Crippen LogP contribution in [0.2, 0.25) is 0 Å². The van der Waals surface area contributed by atoms with Gasteiger partial charge in [-0.15, -0.1) is 11.3 Å². The van der Waals surface area contributed by atoms with Gasteiger partial charge in [-0.3, -0.25) is 4.40 Å². The van der Waals surface area contributed by atoms with Crippen molar-refractivity contribution >= 4 is 16.3 Å². The number of aryl methyl sites for hydroxylation is 1. The molecule has 0 fully saturated rings. The maximum absolute atomic E-state index is 4.55. The van der Waals surface area contributed by atoms with Crippen molar-refractivity contribution in [1.29, 1.82) is 0 Å². The van der Waals surface area contributed by atoms with Crippen LogP contribution in [-0.2, 0) is 6.54 Å².